The summed E-state index contributed by atoms with van der Waals surface area (Å²) >= 11 is -1.75. The summed E-state index contributed by atoms with van der Waals surface area (Å²) in [5.41, 5.74) is 0. The Morgan fingerprint density at radius 1 is 1.86 bits per heavy atom. The normalized spacial score (nSPS) is 5.57. The van der Waals surface area contributed by atoms with Gasteiger partial charge in [0.2, 0.25) is 0 Å². The Bertz CT molecular complexity index is 28.9. The molecular weight excluding hydrogens is 128 g/mol. The van der Waals surface area contributed by atoms with Crippen LogP contribution in [0.3, 0.4) is 0 Å². The Labute approximate surface area is 53.7 Å². The molecule has 0 aromatic carbocycles. The van der Waals surface area contributed by atoms with Gasteiger partial charge in [-0.05, 0) is 0 Å². The monoisotopic (exact) mass is 138 g/mol. The van der Waals surface area contributed by atoms with Gasteiger partial charge in [0, 0.05) is 0 Å². The van der Waals surface area contributed by atoms with E-state index in [0.29, 0.717) is 0 Å². The quantitative estimate of drug-likeness (QED) is 0.432. The van der Waals surface area contributed by atoms with Crippen LogP contribution in [0.2, 0.25) is 0 Å². The molecule has 0 unspecified atom stereocenters. The van der Waals surface area contributed by atoms with E-state index in [-0.39, 0.29) is 0 Å². The van der Waals surface area contributed by atoms with Crippen LogP contribution in [-0.2, 0) is 22.8 Å². The maximum atomic E-state index is 8.61. The number of hydrogen-bond donors (Lipinski definition) is 1. The second kappa shape index (κ2) is 16.1. The molecule has 0 fully saturated rings. The van der Waals surface area contributed by atoms with Crippen molar-refractivity contribution in [2.75, 3.05) is 0 Å². The third-order valence-corrected chi connectivity index (χ3v) is 0.354. The van der Waals surface area contributed by atoms with Gasteiger partial charge in [0.15, 0.2) is 0 Å². The molecular formula is C4H10O2Ti-. The minimum atomic E-state index is -1.75. The molecule has 43 valence electrons. The maximum absolute atomic E-state index is 8.61. The van der Waals surface area contributed by atoms with Crippen molar-refractivity contribution < 1.29 is 26.5 Å². The van der Waals surface area contributed by atoms with Gasteiger partial charge in [-0.25, -0.2) is 0 Å². The molecule has 0 aliphatic carbocycles. The second-order valence-corrected chi connectivity index (χ2v) is 1.23. The van der Waals surface area contributed by atoms with Gasteiger partial charge >= 0.3 is 26.5 Å². The van der Waals surface area contributed by atoms with E-state index in [1.165, 1.54) is 6.42 Å². The van der Waals surface area contributed by atoms with Crippen molar-refractivity contribution in [2.24, 2.45) is 0 Å². The predicted octanol–water partition coefficient (Wildman–Crippen LogP) is 0.942. The third kappa shape index (κ3) is 59.6. The first-order valence-corrected chi connectivity index (χ1v) is 3.47. The molecule has 0 atom stereocenters. The van der Waals surface area contributed by atoms with Crippen molar-refractivity contribution >= 4 is 0 Å². The van der Waals surface area contributed by atoms with E-state index in [1.54, 1.807) is 0 Å². The van der Waals surface area contributed by atoms with E-state index >= 15 is 0 Å². The Morgan fingerprint density at radius 3 is 2.00 bits per heavy atom. The fraction of sp³-hybridized carbons (Fsp3) is 0.750. The molecule has 2 nitrogen and oxygen atoms in total. The van der Waals surface area contributed by atoms with Gasteiger partial charge in [0.05, 0.1) is 0 Å². The SMILES string of the molecule is [CH2-]CCC.[O]=[Ti][OH]. The van der Waals surface area contributed by atoms with Crippen LogP contribution in [0.5, 0.6) is 0 Å². The summed E-state index contributed by atoms with van der Waals surface area (Å²) < 4.78 is 15.8. The molecule has 0 rings (SSSR count). The van der Waals surface area contributed by atoms with Gasteiger partial charge in [0.1, 0.15) is 0 Å². The number of unbranched alkanes of at least 4 members (excludes halogenated alkanes) is 1. The topological polar surface area (TPSA) is 37.3 Å². The molecule has 0 amide bonds. The van der Waals surface area contributed by atoms with Crippen LogP contribution in [0.15, 0.2) is 0 Å². The zero-order chi connectivity index (χ0) is 6.12. The molecule has 1 N–H and O–H groups in total. The molecule has 0 heterocycles. The van der Waals surface area contributed by atoms with Crippen molar-refractivity contribution in [2.45, 2.75) is 19.8 Å². The van der Waals surface area contributed by atoms with Crippen molar-refractivity contribution in [3.63, 3.8) is 0 Å². The Balaban J connectivity index is 0. The van der Waals surface area contributed by atoms with Gasteiger partial charge < -0.3 is 6.92 Å². The van der Waals surface area contributed by atoms with Crippen LogP contribution in [0, 0.1) is 6.92 Å². The average molecular weight is 138 g/mol. The fourth-order valence-corrected chi connectivity index (χ4v) is 0. The van der Waals surface area contributed by atoms with E-state index in [4.69, 9.17) is 7.01 Å². The first kappa shape index (κ1) is 10.5. The molecule has 0 saturated heterocycles. The van der Waals surface area contributed by atoms with Crippen LogP contribution >= 0.6 is 0 Å². The Hall–Kier alpha value is 0.474. The van der Waals surface area contributed by atoms with Gasteiger partial charge in [-0.2, -0.15) is 6.42 Å². The molecule has 0 bridgehead atoms. The third-order valence-electron chi connectivity index (χ3n) is 0.354. The molecule has 0 aliphatic rings. The molecule has 0 aliphatic heterocycles. The van der Waals surface area contributed by atoms with Crippen LogP contribution < -0.4 is 0 Å². The van der Waals surface area contributed by atoms with E-state index in [2.05, 4.69) is 13.8 Å². The van der Waals surface area contributed by atoms with Crippen LogP contribution in [0.1, 0.15) is 19.8 Å². The molecule has 3 heteroatoms. The van der Waals surface area contributed by atoms with Crippen molar-refractivity contribution in [1.82, 2.24) is 0 Å². The Morgan fingerprint density at radius 2 is 2.00 bits per heavy atom. The average Bonchev–Trinajstić information content (AvgIpc) is 1.69. The van der Waals surface area contributed by atoms with Crippen LogP contribution in [-0.4, -0.2) is 3.69 Å². The van der Waals surface area contributed by atoms with Gasteiger partial charge in [-0.15, -0.1) is 0 Å². The van der Waals surface area contributed by atoms with E-state index in [9.17, 15) is 0 Å². The Kier molecular flexibility index (Phi) is 24.0. The first-order chi connectivity index (χ1) is 3.33. The summed E-state index contributed by atoms with van der Waals surface area (Å²) in [5, 5.41) is 0. The minimum absolute atomic E-state index is 1.07. The molecule has 0 radical (unpaired) electrons. The van der Waals surface area contributed by atoms with Gasteiger partial charge in [-0.1, -0.05) is 13.3 Å². The van der Waals surface area contributed by atoms with Gasteiger partial charge in [-0.3, -0.25) is 0 Å². The summed E-state index contributed by atoms with van der Waals surface area (Å²) in [6.45, 7) is 5.72. The van der Waals surface area contributed by atoms with Crippen molar-refractivity contribution in [3.8, 4) is 0 Å². The molecule has 0 spiro atoms. The molecule has 0 aromatic rings. The summed E-state index contributed by atoms with van der Waals surface area (Å²) in [5.74, 6) is 0. The summed E-state index contributed by atoms with van der Waals surface area (Å²) in [7, 11) is 0. The first-order valence-electron chi connectivity index (χ1n) is 2.13. The summed E-state index contributed by atoms with van der Waals surface area (Å²) in [4.78, 5) is 0. The van der Waals surface area contributed by atoms with Crippen molar-refractivity contribution in [1.29, 1.82) is 0 Å². The van der Waals surface area contributed by atoms with Crippen LogP contribution in [0.25, 0.3) is 0 Å². The van der Waals surface area contributed by atoms with Crippen molar-refractivity contribution in [3.05, 3.63) is 6.92 Å². The standard InChI is InChI=1S/C4H9.H2O.O.Ti/c1-3-4-2;;;/h1,3-4H2,2H3;1H2;;/q-1;;;+1/p-1. The predicted molar refractivity (Wildman–Crippen MR) is 23.2 cm³/mol. The van der Waals surface area contributed by atoms with E-state index in [0.717, 1.165) is 6.42 Å². The zero-order valence-electron chi connectivity index (χ0n) is 4.48. The van der Waals surface area contributed by atoms with E-state index < -0.39 is 19.5 Å². The van der Waals surface area contributed by atoms with Crippen LogP contribution in [0.4, 0.5) is 0 Å². The van der Waals surface area contributed by atoms with E-state index in [1.807, 2.05) is 0 Å². The molecule has 7 heavy (non-hydrogen) atoms. The number of hydrogen-bond acceptors (Lipinski definition) is 1. The van der Waals surface area contributed by atoms with Gasteiger partial charge in [0.25, 0.3) is 0 Å². The zero-order valence-corrected chi connectivity index (χ0v) is 6.04. The summed E-state index contributed by atoms with van der Waals surface area (Å²) in [6.07, 6.45) is 2.28. The second-order valence-electron chi connectivity index (χ2n) is 0.945. The fourth-order valence-electron chi connectivity index (χ4n) is 0. The number of rotatable bonds is 1. The summed E-state index contributed by atoms with van der Waals surface area (Å²) in [6, 6.07) is 0. The molecule has 0 aromatic heterocycles. The molecule has 0 saturated carbocycles.